The van der Waals surface area contributed by atoms with Gasteiger partial charge >= 0.3 is 0 Å². The lowest BCUT2D eigenvalue weighted by molar-refractivity contribution is 0.340. The molecule has 3 aromatic rings. The monoisotopic (exact) mass is 402 g/mol. The largest absolute Gasteiger partial charge is 0.493 e. The van der Waals surface area contributed by atoms with E-state index in [1.807, 2.05) is 55.5 Å². The Labute approximate surface area is 153 Å². The summed E-state index contributed by atoms with van der Waals surface area (Å²) in [4.78, 5) is 0. The van der Waals surface area contributed by atoms with Crippen molar-refractivity contribution < 1.29 is 4.74 Å². The Hall–Kier alpha value is -2.25. The molecule has 1 heterocycles. The summed E-state index contributed by atoms with van der Waals surface area (Å²) in [5, 5.41) is 11.6. The number of hydrogen-bond acceptors (Lipinski definition) is 4. The summed E-state index contributed by atoms with van der Waals surface area (Å²) < 4.78 is 8.55. The summed E-state index contributed by atoms with van der Waals surface area (Å²) in [6, 6.07) is 15.5. The molecule has 2 aromatic carbocycles. The van der Waals surface area contributed by atoms with Crippen LogP contribution >= 0.6 is 28.1 Å². The summed E-state index contributed by atoms with van der Waals surface area (Å²) in [5.41, 5.74) is 1.78. The van der Waals surface area contributed by atoms with Gasteiger partial charge in [-0.1, -0.05) is 40.2 Å². The zero-order chi connectivity index (χ0) is 16.9. The zero-order valence-corrected chi connectivity index (χ0v) is 15.3. The number of ether oxygens (including phenoxy) is 1. The summed E-state index contributed by atoms with van der Waals surface area (Å²) in [7, 11) is 0. The van der Waals surface area contributed by atoms with Gasteiger partial charge in [-0.15, -0.1) is 0 Å². The van der Waals surface area contributed by atoms with Crippen molar-refractivity contribution in [3.63, 3.8) is 0 Å². The first-order valence-electron chi connectivity index (χ1n) is 7.39. The average molecular weight is 403 g/mol. The van der Waals surface area contributed by atoms with Crippen molar-refractivity contribution >= 4 is 34.4 Å². The Morgan fingerprint density at radius 2 is 2.00 bits per heavy atom. The number of benzene rings is 2. The summed E-state index contributed by atoms with van der Waals surface area (Å²) in [6.07, 6.45) is 1.72. The van der Waals surface area contributed by atoms with Crippen molar-refractivity contribution in [2.45, 2.75) is 6.92 Å². The molecule has 1 aromatic heterocycles. The van der Waals surface area contributed by atoms with Crippen LogP contribution in [-0.4, -0.2) is 27.7 Å². The predicted octanol–water partition coefficient (Wildman–Crippen LogP) is 4.65. The third-order valence-electron chi connectivity index (χ3n) is 3.30. The fourth-order valence-electron chi connectivity index (χ4n) is 2.21. The fourth-order valence-corrected chi connectivity index (χ4v) is 2.85. The van der Waals surface area contributed by atoms with Gasteiger partial charge in [0.25, 0.3) is 0 Å². The van der Waals surface area contributed by atoms with E-state index in [2.05, 4.69) is 31.2 Å². The van der Waals surface area contributed by atoms with Gasteiger partial charge in [0.1, 0.15) is 5.75 Å². The second-order valence-corrected chi connectivity index (χ2v) is 6.10. The summed E-state index contributed by atoms with van der Waals surface area (Å²) >= 11 is 8.83. The normalized spacial score (nSPS) is 11.1. The molecule has 0 aliphatic heterocycles. The van der Waals surface area contributed by atoms with Crippen LogP contribution in [0, 0.1) is 4.77 Å². The van der Waals surface area contributed by atoms with Crippen molar-refractivity contribution in [1.82, 2.24) is 14.9 Å². The number of hydrogen-bond donors (Lipinski definition) is 1. The Morgan fingerprint density at radius 1 is 1.25 bits per heavy atom. The molecule has 0 spiro atoms. The highest BCUT2D eigenvalue weighted by Crippen LogP contribution is 2.26. The molecule has 0 saturated heterocycles. The van der Waals surface area contributed by atoms with E-state index in [4.69, 9.17) is 17.0 Å². The number of rotatable bonds is 5. The van der Waals surface area contributed by atoms with Crippen LogP contribution in [-0.2, 0) is 0 Å². The lowest BCUT2D eigenvalue weighted by Crippen LogP contribution is -1.98. The summed E-state index contributed by atoms with van der Waals surface area (Å²) in [5.74, 6) is 1.42. The van der Waals surface area contributed by atoms with Gasteiger partial charge in [-0.05, 0) is 43.4 Å². The van der Waals surface area contributed by atoms with Crippen LogP contribution in [0.15, 0.2) is 58.1 Å². The standard InChI is InChI=1S/C17H15BrN4OS/c1-2-23-15-10-6-3-7-12(15)11-19-22-16(20-21-17(22)24)13-8-4-5-9-14(13)18/h3-11H,2H2,1H3,(H,21,24). The molecule has 3 rings (SSSR count). The highest BCUT2D eigenvalue weighted by atomic mass is 79.9. The van der Waals surface area contributed by atoms with Crippen LogP contribution in [0.2, 0.25) is 0 Å². The molecular formula is C17H15BrN4OS. The average Bonchev–Trinajstić information content (AvgIpc) is 2.95. The number of nitrogens with one attached hydrogen (secondary N) is 1. The second-order valence-electron chi connectivity index (χ2n) is 4.86. The number of para-hydroxylation sites is 1. The van der Waals surface area contributed by atoms with E-state index in [0.717, 1.165) is 21.3 Å². The molecule has 122 valence electrons. The van der Waals surface area contributed by atoms with Gasteiger partial charge < -0.3 is 4.74 Å². The van der Waals surface area contributed by atoms with Crippen LogP contribution in [0.1, 0.15) is 12.5 Å². The van der Waals surface area contributed by atoms with Crippen LogP contribution in [0.5, 0.6) is 5.75 Å². The number of H-pyrrole nitrogens is 1. The van der Waals surface area contributed by atoms with Crippen molar-refractivity contribution in [3.05, 3.63) is 63.3 Å². The number of aromatic nitrogens is 3. The number of halogens is 1. The first kappa shape index (κ1) is 16.6. The van der Waals surface area contributed by atoms with E-state index in [1.165, 1.54) is 0 Å². The third kappa shape index (κ3) is 3.47. The van der Waals surface area contributed by atoms with Crippen molar-refractivity contribution in [1.29, 1.82) is 0 Å². The molecule has 0 aliphatic carbocycles. The predicted molar refractivity (Wildman–Crippen MR) is 101 cm³/mol. The maximum Gasteiger partial charge on any atom is 0.216 e. The molecule has 0 unspecified atom stereocenters. The lowest BCUT2D eigenvalue weighted by Gasteiger charge is -2.06. The topological polar surface area (TPSA) is 55.2 Å². The van der Waals surface area contributed by atoms with Crippen molar-refractivity contribution in [2.75, 3.05) is 6.61 Å². The van der Waals surface area contributed by atoms with Crippen LogP contribution < -0.4 is 4.74 Å². The fraction of sp³-hybridized carbons (Fsp3) is 0.118. The van der Waals surface area contributed by atoms with Crippen LogP contribution in [0.25, 0.3) is 11.4 Å². The molecule has 0 atom stereocenters. The Kier molecular flexibility index (Phi) is 5.22. The summed E-state index contributed by atoms with van der Waals surface area (Å²) in [6.45, 7) is 2.54. The number of aromatic amines is 1. The molecule has 0 bridgehead atoms. The van der Waals surface area contributed by atoms with Gasteiger partial charge in [0.15, 0.2) is 5.82 Å². The number of nitrogens with zero attached hydrogens (tertiary/aromatic N) is 3. The molecule has 5 nitrogen and oxygen atoms in total. The quantitative estimate of drug-likeness (QED) is 0.498. The van der Waals surface area contributed by atoms with Gasteiger partial charge in [0.2, 0.25) is 4.77 Å². The SMILES string of the molecule is CCOc1ccccc1C=Nn1c(-c2ccccc2Br)n[nH]c1=S. The zero-order valence-electron chi connectivity index (χ0n) is 12.9. The molecule has 1 N–H and O–H groups in total. The van der Waals surface area contributed by atoms with E-state index in [9.17, 15) is 0 Å². The molecule has 0 amide bonds. The molecular weight excluding hydrogens is 388 g/mol. The minimum atomic E-state index is 0.422. The molecule has 24 heavy (non-hydrogen) atoms. The molecule has 7 heteroatoms. The van der Waals surface area contributed by atoms with Crippen LogP contribution in [0.3, 0.4) is 0 Å². The third-order valence-corrected chi connectivity index (χ3v) is 4.25. The first-order valence-corrected chi connectivity index (χ1v) is 8.59. The van der Waals surface area contributed by atoms with Gasteiger partial charge in [-0.25, -0.2) is 5.10 Å². The minimum Gasteiger partial charge on any atom is -0.493 e. The van der Waals surface area contributed by atoms with Gasteiger partial charge in [-0.3, -0.25) is 0 Å². The van der Waals surface area contributed by atoms with Gasteiger partial charge in [-0.2, -0.15) is 14.9 Å². The second kappa shape index (κ2) is 7.55. The van der Waals surface area contributed by atoms with Crippen molar-refractivity contribution in [2.24, 2.45) is 5.10 Å². The van der Waals surface area contributed by atoms with Crippen molar-refractivity contribution in [3.8, 4) is 17.1 Å². The van der Waals surface area contributed by atoms with E-state index >= 15 is 0 Å². The highest BCUT2D eigenvalue weighted by Gasteiger charge is 2.11. The molecule has 0 aliphatic rings. The lowest BCUT2D eigenvalue weighted by atomic mass is 10.2. The minimum absolute atomic E-state index is 0.422. The Bertz CT molecular complexity index is 932. The highest BCUT2D eigenvalue weighted by molar-refractivity contribution is 9.10. The smallest absolute Gasteiger partial charge is 0.216 e. The maximum atomic E-state index is 5.61. The molecule has 0 saturated carbocycles. The first-order chi connectivity index (χ1) is 11.7. The maximum absolute atomic E-state index is 5.61. The van der Waals surface area contributed by atoms with E-state index in [0.29, 0.717) is 17.2 Å². The van der Waals surface area contributed by atoms with E-state index < -0.39 is 0 Å². The van der Waals surface area contributed by atoms with E-state index in [-0.39, 0.29) is 0 Å². The van der Waals surface area contributed by atoms with E-state index in [1.54, 1.807) is 10.9 Å². The Morgan fingerprint density at radius 3 is 2.79 bits per heavy atom. The molecule has 0 radical (unpaired) electrons. The van der Waals surface area contributed by atoms with Gasteiger partial charge in [0.05, 0.1) is 12.8 Å². The van der Waals surface area contributed by atoms with Gasteiger partial charge in [0, 0.05) is 15.6 Å². The van der Waals surface area contributed by atoms with Crippen LogP contribution in [0.4, 0.5) is 0 Å². The Balaban J connectivity index is 2.02. The molecule has 0 fully saturated rings.